The van der Waals surface area contributed by atoms with Crippen LogP contribution in [-0.4, -0.2) is 57.0 Å². The van der Waals surface area contributed by atoms with Crippen molar-refractivity contribution in [2.24, 2.45) is 10.8 Å². The Hall–Kier alpha value is -2.24. The summed E-state index contributed by atoms with van der Waals surface area (Å²) >= 11 is 1.67. The molecule has 224 valence electrons. The van der Waals surface area contributed by atoms with Crippen molar-refractivity contribution in [1.82, 2.24) is 4.31 Å². The lowest BCUT2D eigenvalue weighted by molar-refractivity contribution is -0.148. The predicted molar refractivity (Wildman–Crippen MR) is 155 cm³/mol. The second kappa shape index (κ2) is 11.1. The summed E-state index contributed by atoms with van der Waals surface area (Å²) < 4.78 is 63.9. The highest BCUT2D eigenvalue weighted by atomic mass is 32.2. The van der Waals surface area contributed by atoms with Gasteiger partial charge in [0.2, 0.25) is 5.92 Å². The molecule has 2 fully saturated rings. The molecule has 0 aromatic heterocycles. The topological polar surface area (TPSA) is 70.1 Å². The van der Waals surface area contributed by atoms with E-state index in [9.17, 15) is 27.3 Å². The first-order chi connectivity index (χ1) is 19.2. The van der Waals surface area contributed by atoms with Gasteiger partial charge in [0, 0.05) is 43.1 Å². The summed E-state index contributed by atoms with van der Waals surface area (Å²) in [6.07, 6.45) is 4.42. The molecular weight excluding hydrogens is 573 g/mol. The average Bonchev–Trinajstić information content (AvgIpc) is 3.68. The quantitative estimate of drug-likeness (QED) is 0.305. The molecule has 1 spiro atoms. The lowest BCUT2D eigenvalue weighted by Gasteiger charge is -2.36. The van der Waals surface area contributed by atoms with Crippen molar-refractivity contribution in [2.45, 2.75) is 86.3 Å². The van der Waals surface area contributed by atoms with Crippen LogP contribution in [0.5, 0.6) is 5.75 Å². The summed E-state index contributed by atoms with van der Waals surface area (Å²) in [5.41, 5.74) is 0.453. The first-order valence-corrected chi connectivity index (χ1v) is 15.9. The van der Waals surface area contributed by atoms with Crippen molar-refractivity contribution in [2.75, 3.05) is 25.1 Å². The van der Waals surface area contributed by atoms with Crippen LogP contribution in [0.15, 0.2) is 46.2 Å². The van der Waals surface area contributed by atoms with Crippen LogP contribution in [0.4, 0.5) is 24.5 Å². The van der Waals surface area contributed by atoms with Crippen LogP contribution in [0.2, 0.25) is 0 Å². The molecule has 2 unspecified atom stereocenters. The number of hydrogen-bond donors (Lipinski definition) is 1. The summed E-state index contributed by atoms with van der Waals surface area (Å²) in [4.78, 5) is 14.8. The molecule has 0 bridgehead atoms. The lowest BCUT2D eigenvalue weighted by atomic mass is 9.81. The van der Waals surface area contributed by atoms with Gasteiger partial charge in [-0.25, -0.2) is 21.7 Å². The zero-order valence-electron chi connectivity index (χ0n) is 23.8. The zero-order valence-corrected chi connectivity index (χ0v) is 25.4. The summed E-state index contributed by atoms with van der Waals surface area (Å²) in [5, 5.41) is 10.0. The number of carbonyl (C=O) groups is 1. The molecule has 3 aliphatic rings. The van der Waals surface area contributed by atoms with E-state index in [-0.39, 0.29) is 26.0 Å². The van der Waals surface area contributed by atoms with Gasteiger partial charge in [-0.2, -0.15) is 0 Å². The second-order valence-corrected chi connectivity index (χ2v) is 15.4. The number of thioether (sulfide) groups is 1. The Morgan fingerprint density at radius 1 is 1.20 bits per heavy atom. The van der Waals surface area contributed by atoms with E-state index in [2.05, 4.69) is 0 Å². The first-order valence-electron chi connectivity index (χ1n) is 13.9. The Labute approximate surface area is 246 Å². The Morgan fingerprint density at radius 3 is 2.51 bits per heavy atom. The maximum Gasteiger partial charge on any atom is 0.312 e. The summed E-state index contributed by atoms with van der Waals surface area (Å²) in [6, 6.07) is 9.15. The minimum absolute atomic E-state index is 0.0897. The first kappa shape index (κ1) is 30.2. The minimum Gasteiger partial charge on any atom is -0.491 e. The van der Waals surface area contributed by atoms with Crippen LogP contribution < -0.4 is 9.64 Å². The molecule has 2 atom stereocenters. The number of ether oxygens (including phenoxy) is 1. The third kappa shape index (κ3) is 6.72. The van der Waals surface area contributed by atoms with Crippen LogP contribution in [-0.2, 0) is 15.8 Å². The van der Waals surface area contributed by atoms with E-state index in [1.54, 1.807) is 55.2 Å². The molecular formula is C30H37F3N2O4S2. The van der Waals surface area contributed by atoms with E-state index >= 15 is 0 Å². The number of halogens is 3. The SMILES string of the molecule is CN1C(CCC(C)(F)F)CN(c2cccc(F)c2)c2cc(SC3CC4(CC4)C3)c(OCC(C)(C)C(=O)O)cc2S1=O. The molecule has 11 heteroatoms. The van der Waals surface area contributed by atoms with Crippen molar-refractivity contribution < 1.29 is 32.0 Å². The van der Waals surface area contributed by atoms with Gasteiger partial charge >= 0.3 is 5.97 Å². The fourth-order valence-corrected chi connectivity index (χ4v) is 8.41. The summed E-state index contributed by atoms with van der Waals surface area (Å²) in [5.74, 6) is -3.87. The molecule has 2 aromatic carbocycles. The molecule has 0 amide bonds. The Bertz CT molecular complexity index is 1340. The summed E-state index contributed by atoms with van der Waals surface area (Å²) in [6.45, 7) is 4.18. The number of hydrogen-bond acceptors (Lipinski definition) is 5. The largest absolute Gasteiger partial charge is 0.491 e. The van der Waals surface area contributed by atoms with Crippen LogP contribution in [0.25, 0.3) is 0 Å². The molecule has 2 aromatic rings. The molecule has 1 aliphatic heterocycles. The highest BCUT2D eigenvalue weighted by Gasteiger charge is 2.53. The van der Waals surface area contributed by atoms with E-state index < -0.39 is 40.2 Å². The number of likely N-dealkylation sites (N-methyl/N-ethyl adjacent to an activating group) is 1. The van der Waals surface area contributed by atoms with Crippen LogP contribution in [0, 0.1) is 16.6 Å². The molecule has 5 rings (SSSR count). The second-order valence-electron chi connectivity index (χ2n) is 12.5. The van der Waals surface area contributed by atoms with E-state index in [0.717, 1.165) is 24.7 Å². The van der Waals surface area contributed by atoms with Crippen molar-refractivity contribution in [3.8, 4) is 5.75 Å². The summed E-state index contributed by atoms with van der Waals surface area (Å²) in [7, 11) is -0.0966. The smallest absolute Gasteiger partial charge is 0.312 e. The lowest BCUT2D eigenvalue weighted by Crippen LogP contribution is -2.39. The van der Waals surface area contributed by atoms with Gasteiger partial charge in [0.15, 0.2) is 0 Å². The van der Waals surface area contributed by atoms with Crippen molar-refractivity contribution in [1.29, 1.82) is 0 Å². The molecule has 0 radical (unpaired) electrons. The number of fused-ring (bicyclic) bond motifs is 1. The highest BCUT2D eigenvalue weighted by Crippen LogP contribution is 2.64. The van der Waals surface area contributed by atoms with Gasteiger partial charge in [0.25, 0.3) is 0 Å². The normalized spacial score (nSPS) is 22.7. The van der Waals surface area contributed by atoms with E-state index in [0.29, 0.717) is 32.7 Å². The van der Waals surface area contributed by atoms with Gasteiger partial charge < -0.3 is 14.7 Å². The fourth-order valence-electron chi connectivity index (χ4n) is 5.46. The minimum atomic E-state index is -2.88. The van der Waals surface area contributed by atoms with Gasteiger partial charge in [-0.15, -0.1) is 11.8 Å². The van der Waals surface area contributed by atoms with Crippen molar-refractivity contribution >= 4 is 40.1 Å². The number of carboxylic acids is 1. The third-order valence-corrected chi connectivity index (χ3v) is 11.2. The number of aliphatic carboxylic acids is 1. The number of alkyl halides is 2. The average molecular weight is 611 g/mol. The van der Waals surface area contributed by atoms with E-state index in [1.165, 1.54) is 25.0 Å². The Kier molecular flexibility index (Phi) is 8.19. The monoisotopic (exact) mass is 610 g/mol. The molecule has 6 nitrogen and oxygen atoms in total. The van der Waals surface area contributed by atoms with Crippen molar-refractivity contribution in [3.05, 3.63) is 42.2 Å². The number of rotatable bonds is 10. The van der Waals surface area contributed by atoms with Crippen LogP contribution >= 0.6 is 11.8 Å². The van der Waals surface area contributed by atoms with Gasteiger partial charge in [-0.1, -0.05) is 6.07 Å². The molecule has 1 heterocycles. The Balaban J connectivity index is 1.57. The van der Waals surface area contributed by atoms with Crippen LogP contribution in [0.1, 0.15) is 59.3 Å². The van der Waals surface area contributed by atoms with E-state index in [4.69, 9.17) is 4.74 Å². The van der Waals surface area contributed by atoms with E-state index in [1.807, 2.05) is 11.0 Å². The number of carboxylic acid groups (broad SMARTS) is 1. The third-order valence-electron chi connectivity index (χ3n) is 8.45. The van der Waals surface area contributed by atoms with Gasteiger partial charge in [0.05, 0.1) is 20.9 Å². The van der Waals surface area contributed by atoms with Gasteiger partial charge in [0.1, 0.15) is 29.2 Å². The Morgan fingerprint density at radius 2 is 1.90 bits per heavy atom. The standard InChI is InChI=1S/C30H37F3N2O4S2/c1-28(2,27(36)37)18-39-24-14-26-23(13-25(24)40-22-15-30(16-22)10-11-30)35(20-7-5-6-19(31)12-20)17-21(34(4)41(26)38)8-9-29(3,32)33/h5-7,12-14,21-22H,8-11,15-18H2,1-4H3,(H,36,37). The van der Waals surface area contributed by atoms with Gasteiger partial charge in [-0.05, 0) is 82.6 Å². The zero-order chi connectivity index (χ0) is 29.7. The fraction of sp³-hybridized carbons (Fsp3) is 0.567. The maximum atomic E-state index is 14.4. The number of nitrogens with zero attached hydrogens (tertiary/aromatic N) is 2. The molecule has 2 saturated carbocycles. The van der Waals surface area contributed by atoms with Gasteiger partial charge in [-0.3, -0.25) is 4.79 Å². The molecule has 41 heavy (non-hydrogen) atoms. The maximum absolute atomic E-state index is 14.4. The number of anilines is 2. The number of benzene rings is 2. The van der Waals surface area contributed by atoms with Crippen molar-refractivity contribution in [3.63, 3.8) is 0 Å². The highest BCUT2D eigenvalue weighted by molar-refractivity contribution is 8.00. The molecule has 1 N–H and O–H groups in total. The molecule has 2 aliphatic carbocycles. The van der Waals surface area contributed by atoms with Crippen LogP contribution in [0.3, 0.4) is 0 Å². The predicted octanol–water partition coefficient (Wildman–Crippen LogP) is 7.26. The molecule has 0 saturated heterocycles.